The summed E-state index contributed by atoms with van der Waals surface area (Å²) in [5, 5.41) is 10.0. The quantitative estimate of drug-likeness (QED) is 0.651. The molecule has 0 bridgehead atoms. The lowest BCUT2D eigenvalue weighted by molar-refractivity contribution is -0.123. The summed E-state index contributed by atoms with van der Waals surface area (Å²) < 4.78 is 14.9. The van der Waals surface area contributed by atoms with E-state index in [0.717, 1.165) is 16.8 Å². The Morgan fingerprint density at radius 1 is 1.28 bits per heavy atom. The first-order valence-electron chi connectivity index (χ1n) is 9.20. The van der Waals surface area contributed by atoms with Gasteiger partial charge in [0.15, 0.2) is 0 Å². The lowest BCUT2D eigenvalue weighted by Gasteiger charge is -2.10. The third-order valence-corrected chi connectivity index (χ3v) is 5.09. The molecule has 0 saturated heterocycles. The Hall–Kier alpha value is -3.19. The van der Waals surface area contributed by atoms with Gasteiger partial charge in [-0.05, 0) is 30.2 Å². The molecule has 0 saturated carbocycles. The van der Waals surface area contributed by atoms with Crippen LogP contribution in [0.15, 0.2) is 48.5 Å². The summed E-state index contributed by atoms with van der Waals surface area (Å²) in [6.07, 6.45) is 0.583. The van der Waals surface area contributed by atoms with Crippen molar-refractivity contribution in [3.63, 3.8) is 0 Å². The number of hydrogen-bond acceptors (Lipinski definition) is 3. The topological polar surface area (TPSA) is 76.0 Å². The van der Waals surface area contributed by atoms with E-state index in [4.69, 9.17) is 11.6 Å². The predicted octanol–water partition coefficient (Wildman–Crippen LogP) is 4.43. The second-order valence-electron chi connectivity index (χ2n) is 6.72. The molecule has 0 aliphatic carbocycles. The van der Waals surface area contributed by atoms with Crippen LogP contribution >= 0.6 is 11.6 Å². The van der Waals surface area contributed by atoms with Crippen LogP contribution in [0.25, 0.3) is 11.1 Å². The molecular formula is C21H18ClFN4O2. The van der Waals surface area contributed by atoms with Gasteiger partial charge in [0.2, 0.25) is 5.91 Å². The van der Waals surface area contributed by atoms with Gasteiger partial charge >= 0.3 is 0 Å². The summed E-state index contributed by atoms with van der Waals surface area (Å²) in [5.74, 6) is -0.655. The van der Waals surface area contributed by atoms with Crippen molar-refractivity contribution in [2.45, 2.75) is 25.8 Å². The minimum Gasteiger partial charge on any atom is -0.326 e. The van der Waals surface area contributed by atoms with E-state index in [2.05, 4.69) is 15.7 Å². The maximum atomic E-state index is 13.3. The molecule has 1 atom stereocenters. The molecule has 1 unspecified atom stereocenters. The van der Waals surface area contributed by atoms with Crippen molar-refractivity contribution in [1.29, 1.82) is 0 Å². The molecule has 1 aliphatic heterocycles. The first kappa shape index (κ1) is 19.1. The summed E-state index contributed by atoms with van der Waals surface area (Å²) >= 11 is 5.75. The van der Waals surface area contributed by atoms with Gasteiger partial charge in [-0.3, -0.25) is 9.59 Å². The third kappa shape index (κ3) is 3.61. The van der Waals surface area contributed by atoms with E-state index in [1.165, 1.54) is 18.2 Å². The number of aryl methyl sites for hydroxylation is 1. The first-order chi connectivity index (χ1) is 14.0. The summed E-state index contributed by atoms with van der Waals surface area (Å²) in [6.45, 7) is 1.99. The number of nitrogens with one attached hydrogen (secondary N) is 2. The summed E-state index contributed by atoms with van der Waals surface area (Å²) in [5.41, 5.74) is 3.04. The Morgan fingerprint density at radius 3 is 2.72 bits per heavy atom. The first-order valence-corrected chi connectivity index (χ1v) is 9.58. The molecule has 2 aromatic carbocycles. The second kappa shape index (κ2) is 7.67. The fourth-order valence-electron chi connectivity index (χ4n) is 3.43. The minimum absolute atomic E-state index is 0.0872. The van der Waals surface area contributed by atoms with Gasteiger partial charge in [-0.2, -0.15) is 5.10 Å². The number of anilines is 2. The smallest absolute Gasteiger partial charge is 0.251 e. The third-order valence-electron chi connectivity index (χ3n) is 4.80. The largest absolute Gasteiger partial charge is 0.326 e. The highest BCUT2D eigenvalue weighted by Crippen LogP contribution is 2.38. The fraction of sp³-hybridized carbons (Fsp3) is 0.190. The molecule has 0 fully saturated rings. The molecule has 4 rings (SSSR count). The van der Waals surface area contributed by atoms with Crippen LogP contribution in [0.5, 0.6) is 0 Å². The Morgan fingerprint density at radius 2 is 2.03 bits per heavy atom. The van der Waals surface area contributed by atoms with Gasteiger partial charge in [-0.1, -0.05) is 48.9 Å². The number of hydrogen-bond donors (Lipinski definition) is 2. The zero-order valence-electron chi connectivity index (χ0n) is 15.6. The van der Waals surface area contributed by atoms with Gasteiger partial charge in [0, 0.05) is 11.3 Å². The predicted molar refractivity (Wildman–Crippen MR) is 109 cm³/mol. The minimum atomic E-state index is -0.760. The molecule has 0 radical (unpaired) electrons. The van der Waals surface area contributed by atoms with Gasteiger partial charge in [0.1, 0.15) is 17.7 Å². The number of rotatable bonds is 5. The average molecular weight is 413 g/mol. The van der Waals surface area contributed by atoms with Gasteiger partial charge < -0.3 is 10.6 Å². The van der Waals surface area contributed by atoms with E-state index in [0.29, 0.717) is 17.9 Å². The molecule has 3 aromatic rings. The second-order valence-corrected chi connectivity index (χ2v) is 7.13. The fourth-order valence-corrected chi connectivity index (χ4v) is 3.61. The van der Waals surface area contributed by atoms with Crippen LogP contribution < -0.4 is 10.6 Å². The number of amides is 2. The molecule has 29 heavy (non-hydrogen) atoms. The van der Waals surface area contributed by atoms with E-state index in [1.807, 2.05) is 37.3 Å². The van der Waals surface area contributed by atoms with Crippen molar-refractivity contribution < 1.29 is 14.0 Å². The highest BCUT2D eigenvalue weighted by Gasteiger charge is 2.36. The zero-order valence-corrected chi connectivity index (χ0v) is 16.3. The average Bonchev–Trinajstić information content (AvgIpc) is 3.21. The number of carbonyl (C=O) groups excluding carboxylic acids is 2. The summed E-state index contributed by atoms with van der Waals surface area (Å²) in [6, 6.07) is 12.8. The SMILES string of the molecule is CCc1nn2c(c1-c1ccccc1)NC(=O)C2CC(=O)Nc1ccc(F)c(Cl)c1. The number of carbonyl (C=O) groups is 2. The number of aromatic nitrogens is 2. The zero-order chi connectivity index (χ0) is 20.5. The van der Waals surface area contributed by atoms with Crippen molar-refractivity contribution in [1.82, 2.24) is 9.78 Å². The molecule has 0 spiro atoms. The van der Waals surface area contributed by atoms with Crippen molar-refractivity contribution >= 4 is 34.9 Å². The number of halogens is 2. The lowest BCUT2D eigenvalue weighted by atomic mass is 10.0. The van der Waals surface area contributed by atoms with E-state index in [-0.39, 0.29) is 17.4 Å². The molecule has 8 heteroatoms. The van der Waals surface area contributed by atoms with Crippen molar-refractivity contribution in [2.75, 3.05) is 10.6 Å². The Balaban J connectivity index is 1.59. The van der Waals surface area contributed by atoms with Crippen molar-refractivity contribution in [3.8, 4) is 11.1 Å². The number of nitrogens with zero attached hydrogens (tertiary/aromatic N) is 2. The van der Waals surface area contributed by atoms with Crippen LogP contribution in [0.4, 0.5) is 15.9 Å². The monoisotopic (exact) mass is 412 g/mol. The molecule has 6 nitrogen and oxygen atoms in total. The van der Waals surface area contributed by atoms with Crippen LogP contribution in [0.3, 0.4) is 0 Å². The van der Waals surface area contributed by atoms with Crippen LogP contribution in [0.2, 0.25) is 5.02 Å². The van der Waals surface area contributed by atoms with E-state index < -0.39 is 17.8 Å². The van der Waals surface area contributed by atoms with Crippen LogP contribution in [-0.4, -0.2) is 21.6 Å². The molecule has 2 amide bonds. The van der Waals surface area contributed by atoms with Gasteiger partial charge in [-0.25, -0.2) is 9.07 Å². The molecule has 148 valence electrons. The molecular weight excluding hydrogens is 395 g/mol. The molecule has 1 aromatic heterocycles. The van der Waals surface area contributed by atoms with Gasteiger partial charge in [-0.15, -0.1) is 0 Å². The van der Waals surface area contributed by atoms with E-state index in [1.54, 1.807) is 4.68 Å². The van der Waals surface area contributed by atoms with Crippen molar-refractivity contribution in [3.05, 3.63) is 65.1 Å². The van der Waals surface area contributed by atoms with Gasteiger partial charge in [0.05, 0.1) is 17.1 Å². The molecule has 2 N–H and O–H groups in total. The number of benzene rings is 2. The van der Waals surface area contributed by atoms with Crippen LogP contribution in [0.1, 0.15) is 25.1 Å². The Labute approximate surface area is 171 Å². The Kier molecular flexibility index (Phi) is 5.07. The highest BCUT2D eigenvalue weighted by molar-refractivity contribution is 6.31. The van der Waals surface area contributed by atoms with E-state index >= 15 is 0 Å². The summed E-state index contributed by atoms with van der Waals surface area (Å²) in [4.78, 5) is 25.0. The summed E-state index contributed by atoms with van der Waals surface area (Å²) in [7, 11) is 0. The standard InChI is InChI=1S/C21H18ClFN4O2/c1-2-16-19(12-6-4-3-5-7-12)20-25-21(29)17(27(20)26-16)11-18(28)24-13-8-9-15(23)14(22)10-13/h3-10,17H,2,11H2,1H3,(H,24,28)(H,25,29). The highest BCUT2D eigenvalue weighted by atomic mass is 35.5. The maximum Gasteiger partial charge on any atom is 0.251 e. The van der Waals surface area contributed by atoms with Gasteiger partial charge in [0.25, 0.3) is 5.91 Å². The molecule has 2 heterocycles. The van der Waals surface area contributed by atoms with Crippen LogP contribution in [-0.2, 0) is 16.0 Å². The lowest BCUT2D eigenvalue weighted by Crippen LogP contribution is -2.24. The maximum absolute atomic E-state index is 13.3. The van der Waals surface area contributed by atoms with E-state index in [9.17, 15) is 14.0 Å². The van der Waals surface area contributed by atoms with Crippen molar-refractivity contribution in [2.24, 2.45) is 0 Å². The Bertz CT molecular complexity index is 1100. The van der Waals surface area contributed by atoms with Crippen LogP contribution in [0, 0.1) is 5.82 Å². The number of fused-ring (bicyclic) bond motifs is 1. The normalized spacial score (nSPS) is 15.1. The molecule has 1 aliphatic rings.